The lowest BCUT2D eigenvalue weighted by atomic mass is 10.2. The van der Waals surface area contributed by atoms with Crippen LogP contribution in [-0.4, -0.2) is 4.98 Å². The third-order valence-electron chi connectivity index (χ3n) is 1.96. The van der Waals surface area contributed by atoms with Crippen molar-refractivity contribution in [3.05, 3.63) is 28.8 Å². The summed E-state index contributed by atoms with van der Waals surface area (Å²) in [5.74, 6) is 0. The first-order chi connectivity index (χ1) is 6.83. The molecule has 0 amide bonds. The van der Waals surface area contributed by atoms with E-state index in [9.17, 15) is 0 Å². The summed E-state index contributed by atoms with van der Waals surface area (Å²) in [4.78, 5) is 4.33. The van der Waals surface area contributed by atoms with E-state index in [0.717, 1.165) is 20.8 Å². The number of nitrogens with two attached hydrogens (primary N) is 1. The third-order valence-corrected chi connectivity index (χ3v) is 2.98. The van der Waals surface area contributed by atoms with Crippen LogP contribution in [0.4, 0.5) is 0 Å². The van der Waals surface area contributed by atoms with E-state index in [-0.39, 0.29) is 0 Å². The molecule has 0 atom stereocenters. The number of benzene rings is 1. The predicted molar refractivity (Wildman–Crippen MR) is 56.8 cm³/mol. The highest BCUT2D eigenvalue weighted by atomic mass is 32.1. The van der Waals surface area contributed by atoms with Crippen LogP contribution in [0, 0.1) is 11.3 Å². The Balaban J connectivity index is 2.50. The zero-order chi connectivity index (χ0) is 9.97. The van der Waals surface area contributed by atoms with E-state index in [2.05, 4.69) is 11.1 Å². The molecular formula is C10H9N3S. The molecule has 1 heterocycles. The number of hydrogen-bond acceptors (Lipinski definition) is 4. The fraction of sp³-hybridized carbons (Fsp3) is 0.200. The molecule has 2 aromatic rings. The van der Waals surface area contributed by atoms with Gasteiger partial charge in [-0.25, -0.2) is 4.98 Å². The number of thiazole rings is 1. The standard InChI is InChI=1S/C10H9N3S/c11-4-3-10-13-8-2-1-7(6-12)5-9(8)14-10/h1-2,5H,3,6,12H2. The van der Waals surface area contributed by atoms with E-state index < -0.39 is 0 Å². The number of nitrogens with zero attached hydrogens (tertiary/aromatic N) is 2. The van der Waals surface area contributed by atoms with Crippen molar-refractivity contribution in [1.82, 2.24) is 4.98 Å². The van der Waals surface area contributed by atoms with Crippen LogP contribution < -0.4 is 5.73 Å². The largest absolute Gasteiger partial charge is 0.326 e. The molecule has 1 aromatic carbocycles. The molecule has 0 unspecified atom stereocenters. The molecule has 2 rings (SSSR count). The Labute approximate surface area is 85.8 Å². The van der Waals surface area contributed by atoms with Gasteiger partial charge in [-0.1, -0.05) is 6.07 Å². The first-order valence-electron chi connectivity index (χ1n) is 4.29. The topological polar surface area (TPSA) is 62.7 Å². The molecule has 0 bridgehead atoms. The number of fused-ring (bicyclic) bond motifs is 1. The maximum Gasteiger partial charge on any atom is 0.108 e. The monoisotopic (exact) mass is 203 g/mol. The first kappa shape index (κ1) is 9.13. The quantitative estimate of drug-likeness (QED) is 0.809. The van der Waals surface area contributed by atoms with Gasteiger partial charge in [0.15, 0.2) is 0 Å². The van der Waals surface area contributed by atoms with Gasteiger partial charge in [-0.05, 0) is 17.7 Å². The van der Waals surface area contributed by atoms with Gasteiger partial charge in [0.25, 0.3) is 0 Å². The van der Waals surface area contributed by atoms with E-state index >= 15 is 0 Å². The van der Waals surface area contributed by atoms with Crippen LogP contribution in [-0.2, 0) is 13.0 Å². The van der Waals surface area contributed by atoms with Crippen LogP contribution in [0.15, 0.2) is 18.2 Å². The Morgan fingerprint density at radius 3 is 3.07 bits per heavy atom. The minimum Gasteiger partial charge on any atom is -0.326 e. The van der Waals surface area contributed by atoms with Gasteiger partial charge in [-0.2, -0.15) is 5.26 Å². The number of rotatable bonds is 2. The maximum atomic E-state index is 8.54. The minimum atomic E-state index is 0.386. The van der Waals surface area contributed by atoms with Gasteiger partial charge in [0.2, 0.25) is 0 Å². The summed E-state index contributed by atoms with van der Waals surface area (Å²) in [5, 5.41) is 9.41. The van der Waals surface area contributed by atoms with E-state index in [0.29, 0.717) is 13.0 Å². The smallest absolute Gasteiger partial charge is 0.108 e. The average Bonchev–Trinajstić information content (AvgIpc) is 2.59. The molecule has 0 fully saturated rings. The van der Waals surface area contributed by atoms with Crippen molar-refractivity contribution in [1.29, 1.82) is 5.26 Å². The lowest BCUT2D eigenvalue weighted by Crippen LogP contribution is -1.94. The molecule has 0 aliphatic carbocycles. The predicted octanol–water partition coefficient (Wildman–Crippen LogP) is 1.82. The SMILES string of the molecule is N#CCc1nc2ccc(CN)cc2s1. The molecule has 0 radical (unpaired) electrons. The van der Waals surface area contributed by atoms with Gasteiger partial charge in [0, 0.05) is 6.54 Å². The van der Waals surface area contributed by atoms with Crippen molar-refractivity contribution in [3.8, 4) is 6.07 Å². The van der Waals surface area contributed by atoms with Gasteiger partial charge in [0.1, 0.15) is 5.01 Å². The van der Waals surface area contributed by atoms with Crippen molar-refractivity contribution >= 4 is 21.6 Å². The third kappa shape index (κ3) is 1.60. The van der Waals surface area contributed by atoms with Gasteiger partial charge < -0.3 is 5.73 Å². The molecule has 0 spiro atoms. The molecule has 3 nitrogen and oxygen atoms in total. The van der Waals surface area contributed by atoms with Crippen LogP contribution in [0.2, 0.25) is 0 Å². The van der Waals surface area contributed by atoms with E-state index in [1.165, 1.54) is 0 Å². The van der Waals surface area contributed by atoms with E-state index in [1.54, 1.807) is 11.3 Å². The Morgan fingerprint density at radius 1 is 1.50 bits per heavy atom. The Bertz CT molecular complexity index is 496. The van der Waals surface area contributed by atoms with Crippen LogP contribution in [0.5, 0.6) is 0 Å². The van der Waals surface area contributed by atoms with E-state index in [1.807, 2.05) is 18.2 Å². The molecule has 0 saturated heterocycles. The van der Waals surface area contributed by atoms with Gasteiger partial charge in [-0.3, -0.25) is 0 Å². The lowest BCUT2D eigenvalue weighted by Gasteiger charge is -1.93. The molecule has 2 N–H and O–H groups in total. The summed E-state index contributed by atoms with van der Waals surface area (Å²) >= 11 is 1.56. The zero-order valence-electron chi connectivity index (χ0n) is 7.53. The van der Waals surface area contributed by atoms with Crippen molar-refractivity contribution in [2.75, 3.05) is 0 Å². The van der Waals surface area contributed by atoms with Crippen molar-refractivity contribution in [2.45, 2.75) is 13.0 Å². The van der Waals surface area contributed by atoms with Crippen LogP contribution in [0.1, 0.15) is 10.6 Å². The van der Waals surface area contributed by atoms with Gasteiger partial charge in [0.05, 0.1) is 22.7 Å². The summed E-state index contributed by atoms with van der Waals surface area (Å²) in [6, 6.07) is 8.06. The highest BCUT2D eigenvalue weighted by molar-refractivity contribution is 7.18. The molecule has 0 saturated carbocycles. The molecule has 0 aliphatic rings. The molecule has 0 aliphatic heterocycles. The zero-order valence-corrected chi connectivity index (χ0v) is 8.34. The van der Waals surface area contributed by atoms with Crippen LogP contribution in [0.3, 0.4) is 0 Å². The minimum absolute atomic E-state index is 0.386. The number of nitriles is 1. The summed E-state index contributed by atoms with van der Waals surface area (Å²) in [6.45, 7) is 0.543. The molecule has 70 valence electrons. The lowest BCUT2D eigenvalue weighted by molar-refractivity contribution is 1.08. The summed E-state index contributed by atoms with van der Waals surface area (Å²) in [5.41, 5.74) is 7.60. The van der Waals surface area contributed by atoms with Gasteiger partial charge in [-0.15, -0.1) is 11.3 Å². The highest BCUT2D eigenvalue weighted by Crippen LogP contribution is 2.23. The molecule has 14 heavy (non-hydrogen) atoms. The van der Waals surface area contributed by atoms with E-state index in [4.69, 9.17) is 11.0 Å². The second kappa shape index (κ2) is 3.74. The normalized spacial score (nSPS) is 10.3. The van der Waals surface area contributed by atoms with Gasteiger partial charge >= 0.3 is 0 Å². The molecule has 1 aromatic heterocycles. The van der Waals surface area contributed by atoms with Crippen molar-refractivity contribution in [2.24, 2.45) is 5.73 Å². The second-order valence-corrected chi connectivity index (χ2v) is 4.06. The number of aromatic nitrogens is 1. The highest BCUT2D eigenvalue weighted by Gasteiger charge is 2.03. The summed E-state index contributed by atoms with van der Waals surface area (Å²) in [6.07, 6.45) is 0.386. The Kier molecular flexibility index (Phi) is 2.44. The fourth-order valence-corrected chi connectivity index (χ4v) is 2.25. The molecule has 4 heteroatoms. The Hall–Kier alpha value is -1.44. The van der Waals surface area contributed by atoms with Crippen molar-refractivity contribution in [3.63, 3.8) is 0 Å². The van der Waals surface area contributed by atoms with Crippen molar-refractivity contribution < 1.29 is 0 Å². The van der Waals surface area contributed by atoms with Crippen LogP contribution >= 0.6 is 11.3 Å². The fourth-order valence-electron chi connectivity index (χ4n) is 1.29. The number of hydrogen-bond donors (Lipinski definition) is 1. The van der Waals surface area contributed by atoms with Crippen LogP contribution in [0.25, 0.3) is 10.2 Å². The maximum absolute atomic E-state index is 8.54. The average molecular weight is 203 g/mol. The summed E-state index contributed by atoms with van der Waals surface area (Å²) < 4.78 is 1.11. The summed E-state index contributed by atoms with van der Waals surface area (Å²) in [7, 11) is 0. The first-order valence-corrected chi connectivity index (χ1v) is 5.10. The second-order valence-electron chi connectivity index (χ2n) is 2.95. The molecular weight excluding hydrogens is 194 g/mol. The Morgan fingerprint density at radius 2 is 2.36 bits per heavy atom.